The molecule has 158 valence electrons. The van der Waals surface area contributed by atoms with Gasteiger partial charge < -0.3 is 19.8 Å². The Labute approximate surface area is 193 Å². The molecule has 0 aliphatic carbocycles. The number of nitrogens with zero attached hydrogens (tertiary/aromatic N) is 4. The number of ether oxygens (including phenoxy) is 2. The van der Waals surface area contributed by atoms with E-state index in [1.54, 1.807) is 0 Å². The third-order valence-electron chi connectivity index (χ3n) is 4.75. The normalized spacial score (nSPS) is 12.6. The average molecular weight is 523 g/mol. The number of rotatable bonds is 5. The molecule has 31 heavy (non-hydrogen) atoms. The summed E-state index contributed by atoms with van der Waals surface area (Å²) in [5.74, 6) is 1.31. The van der Waals surface area contributed by atoms with Crippen LogP contribution >= 0.6 is 39.3 Å². The highest BCUT2D eigenvalue weighted by molar-refractivity contribution is 9.10. The van der Waals surface area contributed by atoms with Crippen molar-refractivity contribution in [2.45, 2.75) is 23.0 Å². The van der Waals surface area contributed by atoms with Crippen LogP contribution in [0.3, 0.4) is 0 Å². The number of fused-ring (bicyclic) bond motifs is 2. The number of hydrogen-bond donors (Lipinski definition) is 1. The topological polar surface area (TPSA) is 88.1 Å². The smallest absolute Gasteiger partial charge is 0.312 e. The van der Waals surface area contributed by atoms with Crippen LogP contribution in [-0.4, -0.2) is 26.3 Å². The maximum absolute atomic E-state index is 13.9. The van der Waals surface area contributed by atoms with E-state index < -0.39 is 6.08 Å². The molecule has 0 saturated carbocycles. The fourth-order valence-corrected chi connectivity index (χ4v) is 5.00. The van der Waals surface area contributed by atoms with Gasteiger partial charge in [0.1, 0.15) is 0 Å². The van der Waals surface area contributed by atoms with Crippen molar-refractivity contribution in [1.82, 2.24) is 19.5 Å². The van der Waals surface area contributed by atoms with E-state index in [-0.39, 0.29) is 12.6 Å². The van der Waals surface area contributed by atoms with Crippen LogP contribution in [0, 0.1) is 6.08 Å². The lowest BCUT2D eigenvalue weighted by Crippen LogP contribution is -2.06. The molecule has 0 unspecified atom stereocenters. The lowest BCUT2D eigenvalue weighted by Gasteiger charge is -2.10. The minimum absolute atomic E-state index is 0.00871. The highest BCUT2D eigenvalue weighted by atomic mass is 79.9. The van der Waals surface area contributed by atoms with Gasteiger partial charge in [-0.25, -0.2) is 4.98 Å². The Bertz CT molecular complexity index is 1320. The Hall–Kier alpha value is -2.56. The second-order valence-electron chi connectivity index (χ2n) is 6.68. The van der Waals surface area contributed by atoms with Crippen molar-refractivity contribution in [3.8, 4) is 11.5 Å². The van der Waals surface area contributed by atoms with Gasteiger partial charge in [0.2, 0.25) is 6.79 Å². The summed E-state index contributed by atoms with van der Waals surface area (Å²) >= 11 is 11.3. The standard InChI is InChI=1S/C20H14BrClFN5O2S/c21-11-7-13-14(30-9-29-13)8-15(11)31-20-25-16-17(24)26-19(23)27-18(16)28(20)6-5-10-3-1-2-4-12(10)22/h1-4,7-8H,5-6,9H2,(H2,24,26,27). The quantitative estimate of drug-likeness (QED) is 0.365. The molecule has 0 radical (unpaired) electrons. The molecule has 2 N–H and O–H groups in total. The van der Waals surface area contributed by atoms with Gasteiger partial charge in [-0.2, -0.15) is 14.4 Å². The van der Waals surface area contributed by atoms with Gasteiger partial charge in [-0.05, 0) is 46.1 Å². The molecule has 11 heteroatoms. The Morgan fingerprint density at radius 2 is 1.94 bits per heavy atom. The van der Waals surface area contributed by atoms with Crippen LogP contribution in [0.25, 0.3) is 11.2 Å². The van der Waals surface area contributed by atoms with E-state index >= 15 is 0 Å². The molecule has 0 saturated heterocycles. The molecule has 2 aromatic heterocycles. The van der Waals surface area contributed by atoms with Crippen LogP contribution in [0.2, 0.25) is 5.02 Å². The van der Waals surface area contributed by atoms with E-state index in [9.17, 15) is 4.39 Å². The van der Waals surface area contributed by atoms with Crippen molar-refractivity contribution in [2.75, 3.05) is 12.5 Å². The second kappa shape index (κ2) is 8.18. The van der Waals surface area contributed by atoms with Gasteiger partial charge in [0, 0.05) is 20.9 Å². The fraction of sp³-hybridized carbons (Fsp3) is 0.150. The van der Waals surface area contributed by atoms with E-state index in [4.69, 9.17) is 26.8 Å². The molecule has 0 spiro atoms. The van der Waals surface area contributed by atoms with Crippen molar-refractivity contribution in [2.24, 2.45) is 0 Å². The molecule has 3 heterocycles. The van der Waals surface area contributed by atoms with Crippen LogP contribution in [0.5, 0.6) is 11.5 Å². The molecule has 1 aliphatic heterocycles. The number of hydrogen-bond acceptors (Lipinski definition) is 7. The molecule has 5 rings (SSSR count). The maximum atomic E-state index is 13.9. The summed E-state index contributed by atoms with van der Waals surface area (Å²) in [6, 6.07) is 11.3. The largest absolute Gasteiger partial charge is 0.454 e. The Morgan fingerprint density at radius 1 is 1.16 bits per heavy atom. The Balaban J connectivity index is 1.56. The van der Waals surface area contributed by atoms with E-state index in [0.717, 1.165) is 14.9 Å². The van der Waals surface area contributed by atoms with E-state index in [1.807, 2.05) is 41.0 Å². The summed E-state index contributed by atoms with van der Waals surface area (Å²) in [5.41, 5.74) is 7.57. The molecular weight excluding hydrogens is 509 g/mol. The summed E-state index contributed by atoms with van der Waals surface area (Å²) in [6.45, 7) is 0.651. The third kappa shape index (κ3) is 3.90. The van der Waals surface area contributed by atoms with E-state index in [0.29, 0.717) is 45.8 Å². The zero-order valence-electron chi connectivity index (χ0n) is 15.8. The van der Waals surface area contributed by atoms with Crippen molar-refractivity contribution in [3.63, 3.8) is 0 Å². The van der Waals surface area contributed by atoms with E-state index in [1.165, 1.54) is 11.8 Å². The number of nitrogen functional groups attached to an aromatic ring is 1. The number of anilines is 1. The lowest BCUT2D eigenvalue weighted by molar-refractivity contribution is 0.174. The minimum Gasteiger partial charge on any atom is -0.454 e. The molecule has 1 aliphatic rings. The Kier molecular flexibility index (Phi) is 5.37. The van der Waals surface area contributed by atoms with Gasteiger partial charge in [-0.1, -0.05) is 41.6 Å². The van der Waals surface area contributed by atoms with Crippen molar-refractivity contribution < 1.29 is 13.9 Å². The monoisotopic (exact) mass is 521 g/mol. The van der Waals surface area contributed by atoms with Crippen LogP contribution in [0.4, 0.5) is 10.2 Å². The Morgan fingerprint density at radius 3 is 2.74 bits per heavy atom. The summed E-state index contributed by atoms with van der Waals surface area (Å²) in [5, 5.41) is 1.26. The number of imidazole rings is 1. The van der Waals surface area contributed by atoms with Gasteiger partial charge in [-0.15, -0.1) is 0 Å². The molecule has 2 aromatic carbocycles. The van der Waals surface area contributed by atoms with Gasteiger partial charge in [0.25, 0.3) is 0 Å². The molecule has 0 atom stereocenters. The maximum Gasteiger partial charge on any atom is 0.312 e. The highest BCUT2D eigenvalue weighted by Gasteiger charge is 2.21. The van der Waals surface area contributed by atoms with E-state index in [2.05, 4.69) is 30.9 Å². The van der Waals surface area contributed by atoms with Crippen LogP contribution < -0.4 is 15.2 Å². The molecule has 0 amide bonds. The zero-order valence-corrected chi connectivity index (χ0v) is 19.0. The number of benzene rings is 2. The molecular formula is C20H14BrClFN5O2S. The zero-order chi connectivity index (χ0) is 21.5. The van der Waals surface area contributed by atoms with Crippen molar-refractivity contribution >= 4 is 56.3 Å². The highest BCUT2D eigenvalue weighted by Crippen LogP contribution is 2.43. The molecule has 0 bridgehead atoms. The summed E-state index contributed by atoms with van der Waals surface area (Å²) < 4.78 is 27.5. The first-order valence-corrected chi connectivity index (χ1v) is 11.2. The van der Waals surface area contributed by atoms with Gasteiger partial charge >= 0.3 is 6.08 Å². The molecule has 7 nitrogen and oxygen atoms in total. The number of aryl methyl sites for hydroxylation is 2. The predicted octanol–water partition coefficient (Wildman–Crippen LogP) is 5.09. The minimum atomic E-state index is -0.898. The van der Waals surface area contributed by atoms with Crippen LogP contribution in [-0.2, 0) is 13.0 Å². The van der Waals surface area contributed by atoms with Gasteiger partial charge in [0.15, 0.2) is 33.6 Å². The summed E-state index contributed by atoms with van der Waals surface area (Å²) in [4.78, 5) is 13.0. The average Bonchev–Trinajstić information content (AvgIpc) is 3.32. The van der Waals surface area contributed by atoms with Crippen LogP contribution in [0.1, 0.15) is 5.56 Å². The number of nitrogens with two attached hydrogens (primary N) is 1. The first-order chi connectivity index (χ1) is 15.0. The number of aromatic nitrogens is 4. The third-order valence-corrected chi connectivity index (χ3v) is 7.09. The van der Waals surface area contributed by atoms with Crippen molar-refractivity contribution in [3.05, 3.63) is 57.5 Å². The molecule has 0 fully saturated rings. The first-order valence-electron chi connectivity index (χ1n) is 9.19. The lowest BCUT2D eigenvalue weighted by atomic mass is 10.1. The SMILES string of the molecule is Nc1nc(F)nc2c1nc(Sc1cc3c(cc1Br)OCO3)n2CCc1ccccc1Cl. The van der Waals surface area contributed by atoms with Gasteiger partial charge in [0.05, 0.1) is 0 Å². The first kappa shape index (κ1) is 20.3. The summed E-state index contributed by atoms with van der Waals surface area (Å²) in [6.07, 6.45) is -0.295. The summed E-state index contributed by atoms with van der Waals surface area (Å²) in [7, 11) is 0. The second-order valence-corrected chi connectivity index (χ2v) is 8.95. The fourth-order valence-electron chi connectivity index (χ4n) is 3.26. The predicted molar refractivity (Wildman–Crippen MR) is 119 cm³/mol. The molecule has 4 aromatic rings. The van der Waals surface area contributed by atoms with Gasteiger partial charge in [-0.3, -0.25) is 0 Å². The van der Waals surface area contributed by atoms with Crippen LogP contribution in [0.15, 0.2) is 50.9 Å². The van der Waals surface area contributed by atoms with Crippen molar-refractivity contribution in [1.29, 1.82) is 0 Å². The number of halogens is 3.